The van der Waals surface area contributed by atoms with Gasteiger partial charge >= 0.3 is 6.18 Å². The highest BCUT2D eigenvalue weighted by atomic mass is 19.4. The SMILES string of the molecule is Cc1ccc(CNC(=O)C2CC3CCCC3N(C(=O)c3c(C)cccc3F)C2c2ccc(NC3CCCC3)cc2)cc1C(F)(F)F. The van der Waals surface area contributed by atoms with E-state index in [4.69, 9.17) is 0 Å². The summed E-state index contributed by atoms with van der Waals surface area (Å²) in [5, 5.41) is 6.48. The largest absolute Gasteiger partial charge is 0.416 e. The molecule has 0 bridgehead atoms. The first-order chi connectivity index (χ1) is 22.0. The fourth-order valence-electron chi connectivity index (χ4n) is 7.95. The maximum atomic E-state index is 15.3. The average molecular weight is 636 g/mol. The molecular weight excluding hydrogens is 594 g/mol. The summed E-state index contributed by atoms with van der Waals surface area (Å²) in [6.07, 6.45) is 3.16. The summed E-state index contributed by atoms with van der Waals surface area (Å²) in [6.45, 7) is 3.04. The van der Waals surface area contributed by atoms with Crippen LogP contribution in [0.1, 0.15) is 95.6 Å². The zero-order valence-electron chi connectivity index (χ0n) is 26.3. The molecule has 2 N–H and O–H groups in total. The molecule has 9 heteroatoms. The Hall–Kier alpha value is -3.88. The maximum absolute atomic E-state index is 15.3. The van der Waals surface area contributed by atoms with Crippen LogP contribution in [0.4, 0.5) is 23.2 Å². The van der Waals surface area contributed by atoms with Crippen LogP contribution in [0.2, 0.25) is 0 Å². The van der Waals surface area contributed by atoms with Crippen molar-refractivity contribution in [1.29, 1.82) is 0 Å². The number of halogens is 4. The van der Waals surface area contributed by atoms with Crippen LogP contribution < -0.4 is 10.6 Å². The van der Waals surface area contributed by atoms with E-state index in [1.165, 1.54) is 31.9 Å². The van der Waals surface area contributed by atoms with E-state index in [2.05, 4.69) is 10.6 Å². The number of likely N-dealkylation sites (tertiary alicyclic amines) is 1. The number of anilines is 1. The van der Waals surface area contributed by atoms with Gasteiger partial charge in [0.15, 0.2) is 0 Å². The van der Waals surface area contributed by atoms with Crippen molar-refractivity contribution in [3.05, 3.63) is 99.9 Å². The minimum Gasteiger partial charge on any atom is -0.382 e. The van der Waals surface area contributed by atoms with E-state index < -0.39 is 35.4 Å². The number of benzene rings is 3. The Balaban J connectivity index is 1.34. The Bertz CT molecular complexity index is 1560. The molecule has 2 aliphatic carbocycles. The number of aryl methyl sites for hydroxylation is 2. The lowest BCUT2D eigenvalue weighted by molar-refractivity contribution is -0.138. The van der Waals surface area contributed by atoms with E-state index in [9.17, 15) is 22.8 Å². The lowest BCUT2D eigenvalue weighted by Crippen LogP contribution is -2.54. The van der Waals surface area contributed by atoms with E-state index in [0.717, 1.165) is 49.4 Å². The monoisotopic (exact) mass is 635 g/mol. The van der Waals surface area contributed by atoms with Gasteiger partial charge in [-0.1, -0.05) is 55.7 Å². The third-order valence-electron chi connectivity index (χ3n) is 10.3. The van der Waals surface area contributed by atoms with E-state index in [0.29, 0.717) is 23.6 Å². The molecule has 3 aliphatic rings. The first-order valence-corrected chi connectivity index (χ1v) is 16.4. The molecule has 1 aliphatic heterocycles. The number of alkyl halides is 3. The fraction of sp³-hybridized carbons (Fsp3) is 0.459. The molecule has 4 unspecified atom stereocenters. The number of hydrogen-bond acceptors (Lipinski definition) is 3. The molecule has 2 saturated carbocycles. The van der Waals surface area contributed by atoms with Crippen molar-refractivity contribution in [2.75, 3.05) is 5.32 Å². The number of piperidine rings is 1. The van der Waals surface area contributed by atoms with Crippen LogP contribution >= 0.6 is 0 Å². The Labute approximate surface area is 267 Å². The van der Waals surface area contributed by atoms with Gasteiger partial charge in [-0.2, -0.15) is 13.2 Å². The average Bonchev–Trinajstić information content (AvgIpc) is 3.71. The second-order valence-corrected chi connectivity index (χ2v) is 13.3. The number of rotatable bonds is 7. The van der Waals surface area contributed by atoms with Crippen LogP contribution in [-0.2, 0) is 17.5 Å². The molecule has 1 heterocycles. The van der Waals surface area contributed by atoms with E-state index in [1.54, 1.807) is 30.0 Å². The predicted molar refractivity (Wildman–Crippen MR) is 170 cm³/mol. The molecule has 244 valence electrons. The summed E-state index contributed by atoms with van der Waals surface area (Å²) in [5.41, 5.74) is 2.01. The van der Waals surface area contributed by atoms with Gasteiger partial charge < -0.3 is 15.5 Å². The van der Waals surface area contributed by atoms with Gasteiger partial charge in [-0.15, -0.1) is 0 Å². The van der Waals surface area contributed by atoms with Crippen molar-refractivity contribution in [2.45, 2.75) is 96.1 Å². The molecular formula is C37H41F4N3O2. The zero-order chi connectivity index (χ0) is 32.6. The summed E-state index contributed by atoms with van der Waals surface area (Å²) in [4.78, 5) is 30.2. The van der Waals surface area contributed by atoms with Crippen LogP contribution in [0.25, 0.3) is 0 Å². The van der Waals surface area contributed by atoms with E-state index in [1.807, 2.05) is 24.3 Å². The molecule has 3 fully saturated rings. The predicted octanol–water partition coefficient (Wildman–Crippen LogP) is 8.50. The van der Waals surface area contributed by atoms with Gasteiger partial charge in [0.1, 0.15) is 5.82 Å². The molecule has 46 heavy (non-hydrogen) atoms. The molecule has 4 atom stereocenters. The van der Waals surface area contributed by atoms with Crippen molar-refractivity contribution >= 4 is 17.5 Å². The highest BCUT2D eigenvalue weighted by molar-refractivity contribution is 5.97. The van der Waals surface area contributed by atoms with Crippen molar-refractivity contribution in [3.8, 4) is 0 Å². The first kappa shape index (κ1) is 32.1. The highest BCUT2D eigenvalue weighted by Gasteiger charge is 2.50. The Morgan fingerprint density at radius 1 is 0.891 bits per heavy atom. The van der Waals surface area contributed by atoms with Gasteiger partial charge in [-0.25, -0.2) is 4.39 Å². The standard InChI is InChI=1S/C37H41F4N3O2/c1-22-13-14-24(19-30(22)37(39,40)41)21-42-35(45)29-20-26-8-6-12-32(26)44(36(46)33-23(2)7-5-11-31(33)38)34(29)25-15-17-28(18-16-25)43-27-9-3-4-10-27/h5,7,11,13-19,26-27,29,32,34,43H,3-4,6,8-10,12,20-21H2,1-2H3,(H,42,45). The number of carbonyl (C=O) groups is 2. The quantitative estimate of drug-likeness (QED) is 0.256. The minimum absolute atomic E-state index is 0.0121. The molecule has 1 saturated heterocycles. The first-order valence-electron chi connectivity index (χ1n) is 16.4. The Kier molecular flexibility index (Phi) is 9.12. The molecule has 0 radical (unpaired) electrons. The maximum Gasteiger partial charge on any atom is 0.416 e. The van der Waals surface area contributed by atoms with Gasteiger partial charge in [-0.3, -0.25) is 9.59 Å². The number of amides is 2. The lowest BCUT2D eigenvalue weighted by Gasteiger charge is -2.48. The fourth-order valence-corrected chi connectivity index (χ4v) is 7.95. The van der Waals surface area contributed by atoms with Gasteiger partial charge in [0, 0.05) is 24.3 Å². The van der Waals surface area contributed by atoms with Gasteiger partial charge in [0.2, 0.25) is 5.91 Å². The molecule has 0 spiro atoms. The lowest BCUT2D eigenvalue weighted by atomic mass is 9.76. The third-order valence-corrected chi connectivity index (χ3v) is 10.3. The van der Waals surface area contributed by atoms with Crippen molar-refractivity contribution in [1.82, 2.24) is 10.2 Å². The summed E-state index contributed by atoms with van der Waals surface area (Å²) in [7, 11) is 0. The number of nitrogens with one attached hydrogen (secondary N) is 2. The van der Waals surface area contributed by atoms with Gasteiger partial charge in [0.25, 0.3) is 5.91 Å². The van der Waals surface area contributed by atoms with Gasteiger partial charge in [0.05, 0.1) is 23.1 Å². The van der Waals surface area contributed by atoms with Crippen molar-refractivity contribution < 1.29 is 27.2 Å². The second kappa shape index (κ2) is 13.1. The zero-order valence-corrected chi connectivity index (χ0v) is 26.3. The van der Waals surface area contributed by atoms with Crippen LogP contribution in [0.3, 0.4) is 0 Å². The minimum atomic E-state index is -4.50. The molecule has 3 aromatic rings. The van der Waals surface area contributed by atoms with Crippen LogP contribution in [0.15, 0.2) is 60.7 Å². The van der Waals surface area contributed by atoms with Crippen molar-refractivity contribution in [3.63, 3.8) is 0 Å². The number of fused-ring (bicyclic) bond motifs is 1. The second-order valence-electron chi connectivity index (χ2n) is 13.3. The van der Waals surface area contributed by atoms with Gasteiger partial charge in [-0.05, 0) is 98.4 Å². The topological polar surface area (TPSA) is 61.4 Å². The number of hydrogen-bond donors (Lipinski definition) is 2. The smallest absolute Gasteiger partial charge is 0.382 e. The third kappa shape index (κ3) is 6.51. The van der Waals surface area contributed by atoms with Crippen LogP contribution in [0, 0.1) is 31.5 Å². The summed E-state index contributed by atoms with van der Waals surface area (Å²) in [5.74, 6) is -1.97. The number of carbonyl (C=O) groups excluding carboxylic acids is 2. The van der Waals surface area contributed by atoms with Crippen LogP contribution in [-0.4, -0.2) is 28.8 Å². The highest BCUT2D eigenvalue weighted by Crippen LogP contribution is 2.49. The van der Waals surface area contributed by atoms with Crippen LogP contribution in [0.5, 0.6) is 0 Å². The summed E-state index contributed by atoms with van der Waals surface area (Å²) in [6, 6.07) is 16.1. The van der Waals surface area contributed by atoms with Crippen molar-refractivity contribution in [2.24, 2.45) is 11.8 Å². The van der Waals surface area contributed by atoms with E-state index in [-0.39, 0.29) is 35.5 Å². The summed E-state index contributed by atoms with van der Waals surface area (Å²) >= 11 is 0. The van der Waals surface area contributed by atoms with E-state index >= 15 is 4.39 Å². The molecule has 6 rings (SSSR count). The number of nitrogens with zero attached hydrogens (tertiary/aromatic N) is 1. The molecule has 3 aromatic carbocycles. The molecule has 5 nitrogen and oxygen atoms in total. The summed E-state index contributed by atoms with van der Waals surface area (Å²) < 4.78 is 56.0. The molecule has 0 aromatic heterocycles. The molecule has 2 amide bonds. The Morgan fingerprint density at radius 3 is 2.33 bits per heavy atom. The Morgan fingerprint density at radius 2 is 1.63 bits per heavy atom. The normalized spacial score (nSPS) is 23.3.